The number of esters is 3. The van der Waals surface area contributed by atoms with E-state index < -0.39 is 0 Å². The van der Waals surface area contributed by atoms with Crippen molar-refractivity contribution in [2.75, 3.05) is 6.61 Å². The van der Waals surface area contributed by atoms with Gasteiger partial charge < -0.3 is 14.2 Å². The first-order valence-corrected chi connectivity index (χ1v) is 9.78. The molecule has 0 aromatic rings. The first-order valence-electron chi connectivity index (χ1n) is 9.78. The normalized spacial score (nSPS) is 13.5. The molecule has 0 amide bonds. The second-order valence-corrected chi connectivity index (χ2v) is 6.34. The van der Waals surface area contributed by atoms with Crippen LogP contribution in [0.15, 0.2) is 0 Å². The van der Waals surface area contributed by atoms with Crippen LogP contribution in [0.1, 0.15) is 87.0 Å². The lowest BCUT2D eigenvalue weighted by Gasteiger charge is -2.16. The molecule has 0 aliphatic heterocycles. The summed E-state index contributed by atoms with van der Waals surface area (Å²) in [5, 5.41) is 0. The van der Waals surface area contributed by atoms with E-state index in [0.717, 1.165) is 12.8 Å². The maximum Gasteiger partial charge on any atom is 0.309 e. The predicted octanol–water partition coefficient (Wildman–Crippen LogP) is 4.44. The second-order valence-electron chi connectivity index (χ2n) is 6.34. The number of carbonyl (C=O) groups is 3. The van der Waals surface area contributed by atoms with Crippen molar-refractivity contribution in [3.63, 3.8) is 0 Å². The molecule has 0 aliphatic carbocycles. The molecular formula is C20H38O6. The number of carbonyl (C=O) groups excluding carboxylic acids is 3. The third-order valence-corrected chi connectivity index (χ3v) is 3.86. The van der Waals surface area contributed by atoms with Crippen LogP contribution in [0.2, 0.25) is 0 Å². The quantitative estimate of drug-likeness (QED) is 0.393. The van der Waals surface area contributed by atoms with Crippen LogP contribution < -0.4 is 0 Å². The van der Waals surface area contributed by atoms with Gasteiger partial charge in [-0.2, -0.15) is 0 Å². The summed E-state index contributed by atoms with van der Waals surface area (Å²) < 4.78 is 15.1. The van der Waals surface area contributed by atoms with Crippen LogP contribution in [0.5, 0.6) is 0 Å². The summed E-state index contributed by atoms with van der Waals surface area (Å²) in [6.45, 7) is 13.9. The largest absolute Gasteiger partial charge is 0.465 e. The Morgan fingerprint density at radius 3 is 1.73 bits per heavy atom. The van der Waals surface area contributed by atoms with Crippen LogP contribution in [-0.4, -0.2) is 36.7 Å². The van der Waals surface area contributed by atoms with E-state index >= 15 is 0 Å². The molecule has 0 aromatic heterocycles. The van der Waals surface area contributed by atoms with Gasteiger partial charge in [-0.3, -0.25) is 14.4 Å². The van der Waals surface area contributed by atoms with Crippen LogP contribution >= 0.6 is 0 Å². The highest BCUT2D eigenvalue weighted by atomic mass is 16.6. The molecule has 3 atom stereocenters. The first-order chi connectivity index (χ1) is 12.2. The summed E-state index contributed by atoms with van der Waals surface area (Å²) in [5.74, 6) is -0.177. The first kappa shape index (κ1) is 26.6. The Balaban J connectivity index is 0. The zero-order valence-electron chi connectivity index (χ0n) is 17.6. The molecule has 0 bridgehead atoms. The predicted molar refractivity (Wildman–Crippen MR) is 102 cm³/mol. The van der Waals surface area contributed by atoms with E-state index in [1.54, 1.807) is 13.8 Å². The third-order valence-electron chi connectivity index (χ3n) is 3.86. The molecule has 3 unspecified atom stereocenters. The summed E-state index contributed by atoms with van der Waals surface area (Å²) in [7, 11) is 0. The lowest BCUT2D eigenvalue weighted by Crippen LogP contribution is -2.23. The molecule has 0 saturated carbocycles. The van der Waals surface area contributed by atoms with E-state index in [0.29, 0.717) is 31.8 Å². The molecule has 0 aliphatic rings. The second kappa shape index (κ2) is 16.9. The molecule has 26 heavy (non-hydrogen) atoms. The Labute approximate surface area is 159 Å². The summed E-state index contributed by atoms with van der Waals surface area (Å²) in [6, 6.07) is 0. The van der Waals surface area contributed by atoms with E-state index in [2.05, 4.69) is 13.8 Å². The summed E-state index contributed by atoms with van der Waals surface area (Å²) in [5.41, 5.74) is 0. The fourth-order valence-electron chi connectivity index (χ4n) is 1.54. The molecule has 0 heterocycles. The van der Waals surface area contributed by atoms with Crippen molar-refractivity contribution in [3.8, 4) is 0 Å². The van der Waals surface area contributed by atoms with Gasteiger partial charge in [0.2, 0.25) is 0 Å². The van der Waals surface area contributed by atoms with Gasteiger partial charge in [0.1, 0.15) is 6.10 Å². The highest BCUT2D eigenvalue weighted by molar-refractivity contribution is 5.72. The van der Waals surface area contributed by atoms with Gasteiger partial charge in [-0.05, 0) is 25.7 Å². The van der Waals surface area contributed by atoms with Crippen molar-refractivity contribution in [3.05, 3.63) is 0 Å². The van der Waals surface area contributed by atoms with Gasteiger partial charge >= 0.3 is 17.9 Å². The van der Waals surface area contributed by atoms with Crippen molar-refractivity contribution in [2.24, 2.45) is 5.92 Å². The lowest BCUT2D eigenvalue weighted by atomic mass is 10.1. The Kier molecular flexibility index (Phi) is 17.3. The van der Waals surface area contributed by atoms with Gasteiger partial charge in [0.05, 0.1) is 19.1 Å². The highest BCUT2D eigenvalue weighted by Gasteiger charge is 2.18. The minimum atomic E-state index is -0.357. The zero-order chi connectivity index (χ0) is 20.5. The SMILES string of the molecule is CCC(=O)OC(CC)CC(=O)OC(C)CC.CCC(=O)OCC(C)CC. The van der Waals surface area contributed by atoms with Crippen molar-refractivity contribution < 1.29 is 28.6 Å². The molecule has 154 valence electrons. The van der Waals surface area contributed by atoms with E-state index in [9.17, 15) is 14.4 Å². The van der Waals surface area contributed by atoms with Crippen LogP contribution in [0.4, 0.5) is 0 Å². The summed E-state index contributed by atoms with van der Waals surface area (Å²) >= 11 is 0. The Bertz CT molecular complexity index is 394. The van der Waals surface area contributed by atoms with Crippen molar-refractivity contribution in [2.45, 2.75) is 99.2 Å². The standard InChI is InChI=1S/C12H22O4.C8H16O2/c1-5-9(4)15-12(14)8-10(6-2)16-11(13)7-3;1-4-7(3)6-10-8(9)5-2/h9-10H,5-8H2,1-4H3;7H,4-6H2,1-3H3. The maximum atomic E-state index is 11.4. The van der Waals surface area contributed by atoms with Gasteiger partial charge in [-0.25, -0.2) is 0 Å². The van der Waals surface area contributed by atoms with Crippen molar-refractivity contribution >= 4 is 17.9 Å². The fraction of sp³-hybridized carbons (Fsp3) is 0.850. The molecule has 0 spiro atoms. The van der Waals surface area contributed by atoms with Gasteiger partial charge in [-0.15, -0.1) is 0 Å². The summed E-state index contributed by atoms with van der Waals surface area (Å²) in [4.78, 5) is 33.1. The molecule has 0 N–H and O–H groups in total. The molecule has 0 saturated heterocycles. The maximum absolute atomic E-state index is 11.4. The van der Waals surface area contributed by atoms with Gasteiger partial charge in [-0.1, -0.05) is 48.0 Å². The van der Waals surface area contributed by atoms with Crippen LogP contribution in [0.25, 0.3) is 0 Å². The van der Waals surface area contributed by atoms with Gasteiger partial charge in [0, 0.05) is 12.8 Å². The van der Waals surface area contributed by atoms with Gasteiger partial charge in [0.15, 0.2) is 0 Å². The van der Waals surface area contributed by atoms with Crippen molar-refractivity contribution in [1.29, 1.82) is 0 Å². The number of hydrogen-bond acceptors (Lipinski definition) is 6. The number of hydrogen-bond donors (Lipinski definition) is 0. The van der Waals surface area contributed by atoms with Crippen LogP contribution in [0, 0.1) is 5.92 Å². The topological polar surface area (TPSA) is 78.9 Å². The molecule has 0 fully saturated rings. The number of ether oxygens (including phenoxy) is 3. The minimum Gasteiger partial charge on any atom is -0.465 e. The summed E-state index contributed by atoms with van der Waals surface area (Å²) in [6.07, 6.45) is 3.01. The Morgan fingerprint density at radius 2 is 1.31 bits per heavy atom. The lowest BCUT2D eigenvalue weighted by molar-refractivity contribution is -0.157. The number of rotatable bonds is 11. The minimum absolute atomic E-state index is 0.0770. The highest BCUT2D eigenvalue weighted by Crippen LogP contribution is 2.08. The molecule has 0 radical (unpaired) electrons. The molecule has 0 aromatic carbocycles. The average Bonchev–Trinajstić information content (AvgIpc) is 2.64. The van der Waals surface area contributed by atoms with Crippen molar-refractivity contribution in [1.82, 2.24) is 0 Å². The molecule has 6 nitrogen and oxygen atoms in total. The smallest absolute Gasteiger partial charge is 0.309 e. The third kappa shape index (κ3) is 15.9. The van der Waals surface area contributed by atoms with Crippen LogP contribution in [0.3, 0.4) is 0 Å². The monoisotopic (exact) mass is 374 g/mol. The van der Waals surface area contributed by atoms with E-state index in [-0.39, 0.29) is 36.5 Å². The fourth-order valence-corrected chi connectivity index (χ4v) is 1.54. The van der Waals surface area contributed by atoms with E-state index in [4.69, 9.17) is 14.2 Å². The molecular weight excluding hydrogens is 336 g/mol. The molecule has 0 rings (SSSR count). The average molecular weight is 375 g/mol. The molecule has 6 heteroatoms. The van der Waals surface area contributed by atoms with E-state index in [1.807, 2.05) is 20.8 Å². The Morgan fingerprint density at radius 1 is 0.731 bits per heavy atom. The Hall–Kier alpha value is -1.59. The van der Waals surface area contributed by atoms with E-state index in [1.165, 1.54) is 0 Å². The zero-order valence-corrected chi connectivity index (χ0v) is 17.6. The van der Waals surface area contributed by atoms with Gasteiger partial charge in [0.25, 0.3) is 0 Å². The van der Waals surface area contributed by atoms with Crippen LogP contribution in [-0.2, 0) is 28.6 Å².